The van der Waals surface area contributed by atoms with Crippen LogP contribution in [0, 0.1) is 0 Å². The fraction of sp³-hybridized carbons (Fsp3) is 0.545. The number of pyridine rings is 1. The Bertz CT molecular complexity index is 513. The van der Waals surface area contributed by atoms with E-state index >= 15 is 0 Å². The third-order valence-electron chi connectivity index (χ3n) is 3.08. The van der Waals surface area contributed by atoms with Crippen LogP contribution in [0.25, 0.3) is 0 Å². The first kappa shape index (κ1) is 13.9. The average molecular weight is 334 g/mol. The van der Waals surface area contributed by atoms with Gasteiger partial charge in [-0.25, -0.2) is 13.1 Å². The highest BCUT2D eigenvalue weighted by atomic mass is 79.9. The van der Waals surface area contributed by atoms with Crippen LogP contribution in [0.4, 0.5) is 0 Å². The first-order valence-corrected chi connectivity index (χ1v) is 8.13. The van der Waals surface area contributed by atoms with Crippen LogP contribution < -0.4 is 10.5 Å². The maximum Gasteiger partial charge on any atom is 0.242 e. The van der Waals surface area contributed by atoms with Crippen molar-refractivity contribution in [1.29, 1.82) is 0 Å². The van der Waals surface area contributed by atoms with E-state index in [0.717, 1.165) is 25.7 Å². The molecule has 0 aliphatic heterocycles. The molecule has 0 radical (unpaired) electrons. The SMILES string of the molecule is NC1CCC(NS(=O)(=O)c2cncc(Br)c2)CC1. The Morgan fingerprint density at radius 3 is 2.56 bits per heavy atom. The van der Waals surface area contributed by atoms with Crippen molar-refractivity contribution in [2.45, 2.75) is 42.7 Å². The van der Waals surface area contributed by atoms with Crippen molar-refractivity contribution in [2.24, 2.45) is 5.73 Å². The number of nitrogens with two attached hydrogens (primary N) is 1. The summed E-state index contributed by atoms with van der Waals surface area (Å²) in [4.78, 5) is 4.06. The number of sulfonamides is 1. The quantitative estimate of drug-likeness (QED) is 0.875. The average Bonchev–Trinajstić information content (AvgIpc) is 2.32. The zero-order valence-corrected chi connectivity index (χ0v) is 12.2. The summed E-state index contributed by atoms with van der Waals surface area (Å²) in [5.41, 5.74) is 5.80. The van der Waals surface area contributed by atoms with E-state index in [9.17, 15) is 8.42 Å². The van der Waals surface area contributed by atoms with E-state index in [1.165, 1.54) is 6.20 Å². The summed E-state index contributed by atoms with van der Waals surface area (Å²) < 4.78 is 27.6. The van der Waals surface area contributed by atoms with Gasteiger partial charge in [0.15, 0.2) is 0 Å². The van der Waals surface area contributed by atoms with Gasteiger partial charge in [-0.2, -0.15) is 0 Å². The molecule has 0 atom stereocenters. The Balaban J connectivity index is 2.08. The summed E-state index contributed by atoms with van der Waals surface area (Å²) in [5, 5.41) is 0. The van der Waals surface area contributed by atoms with Crippen molar-refractivity contribution >= 4 is 26.0 Å². The third kappa shape index (κ3) is 3.50. The molecule has 1 aliphatic carbocycles. The first-order valence-electron chi connectivity index (χ1n) is 5.86. The standard InChI is InChI=1S/C11H16BrN3O2S/c12-8-5-11(7-14-6-8)18(16,17)15-10-3-1-9(13)2-4-10/h5-7,9-10,15H,1-4,13H2. The molecule has 5 nitrogen and oxygen atoms in total. The van der Waals surface area contributed by atoms with Crippen LogP contribution in [0.3, 0.4) is 0 Å². The van der Waals surface area contributed by atoms with Crippen LogP contribution in [-0.4, -0.2) is 25.5 Å². The number of nitrogens with one attached hydrogen (secondary N) is 1. The summed E-state index contributed by atoms with van der Waals surface area (Å²) in [6, 6.07) is 1.73. The number of hydrogen-bond donors (Lipinski definition) is 2. The van der Waals surface area contributed by atoms with Crippen LogP contribution >= 0.6 is 15.9 Å². The monoisotopic (exact) mass is 333 g/mol. The Morgan fingerprint density at radius 2 is 1.94 bits per heavy atom. The molecule has 18 heavy (non-hydrogen) atoms. The van der Waals surface area contributed by atoms with E-state index < -0.39 is 10.0 Å². The molecule has 1 saturated carbocycles. The molecule has 0 saturated heterocycles. The van der Waals surface area contributed by atoms with E-state index in [2.05, 4.69) is 25.6 Å². The second kappa shape index (κ2) is 5.64. The number of aromatic nitrogens is 1. The van der Waals surface area contributed by atoms with Crippen molar-refractivity contribution in [1.82, 2.24) is 9.71 Å². The van der Waals surface area contributed by atoms with Gasteiger partial charge in [-0.3, -0.25) is 4.98 Å². The van der Waals surface area contributed by atoms with Gasteiger partial charge in [-0.1, -0.05) is 0 Å². The fourth-order valence-electron chi connectivity index (χ4n) is 2.06. The highest BCUT2D eigenvalue weighted by Gasteiger charge is 2.24. The fourth-order valence-corrected chi connectivity index (χ4v) is 3.87. The molecule has 1 aromatic rings. The molecule has 0 spiro atoms. The van der Waals surface area contributed by atoms with Crippen LogP contribution in [-0.2, 0) is 10.0 Å². The molecule has 1 aromatic heterocycles. The van der Waals surface area contributed by atoms with Gasteiger partial charge < -0.3 is 5.73 Å². The topological polar surface area (TPSA) is 85.1 Å². The molecule has 0 bridgehead atoms. The minimum Gasteiger partial charge on any atom is -0.328 e. The van der Waals surface area contributed by atoms with Crippen LogP contribution in [0.5, 0.6) is 0 Å². The lowest BCUT2D eigenvalue weighted by molar-refractivity contribution is 0.373. The second-order valence-corrected chi connectivity index (χ2v) is 7.20. The molecule has 0 unspecified atom stereocenters. The number of nitrogens with zero attached hydrogens (tertiary/aromatic N) is 1. The van der Waals surface area contributed by atoms with Gasteiger partial charge in [0, 0.05) is 29.0 Å². The van der Waals surface area contributed by atoms with Gasteiger partial charge in [-0.15, -0.1) is 0 Å². The van der Waals surface area contributed by atoms with Gasteiger partial charge >= 0.3 is 0 Å². The molecule has 1 heterocycles. The molecule has 100 valence electrons. The highest BCUT2D eigenvalue weighted by Crippen LogP contribution is 2.20. The maximum absolute atomic E-state index is 12.1. The zero-order valence-electron chi connectivity index (χ0n) is 9.84. The smallest absolute Gasteiger partial charge is 0.242 e. The number of hydrogen-bond acceptors (Lipinski definition) is 4. The Morgan fingerprint density at radius 1 is 1.28 bits per heavy atom. The molecule has 2 rings (SSSR count). The lowest BCUT2D eigenvalue weighted by Crippen LogP contribution is -2.40. The van der Waals surface area contributed by atoms with Gasteiger partial charge in [0.1, 0.15) is 4.90 Å². The van der Waals surface area contributed by atoms with Crippen molar-refractivity contribution in [3.05, 3.63) is 22.9 Å². The lowest BCUT2D eigenvalue weighted by Gasteiger charge is -2.26. The maximum atomic E-state index is 12.1. The molecule has 7 heteroatoms. The number of halogens is 1. The summed E-state index contributed by atoms with van der Waals surface area (Å²) in [6.07, 6.45) is 6.22. The molecular weight excluding hydrogens is 318 g/mol. The van der Waals surface area contributed by atoms with Gasteiger partial charge in [-0.05, 0) is 47.7 Å². The Hall–Kier alpha value is -0.500. The largest absolute Gasteiger partial charge is 0.328 e. The van der Waals surface area contributed by atoms with Crippen molar-refractivity contribution < 1.29 is 8.42 Å². The van der Waals surface area contributed by atoms with Gasteiger partial charge in [0.05, 0.1) is 0 Å². The highest BCUT2D eigenvalue weighted by molar-refractivity contribution is 9.10. The molecule has 0 amide bonds. The van der Waals surface area contributed by atoms with Gasteiger partial charge in [0.2, 0.25) is 10.0 Å². The van der Waals surface area contributed by atoms with Crippen molar-refractivity contribution in [3.8, 4) is 0 Å². The minimum atomic E-state index is -3.48. The van der Waals surface area contributed by atoms with E-state index in [1.54, 1.807) is 12.3 Å². The van der Waals surface area contributed by atoms with E-state index in [-0.39, 0.29) is 17.0 Å². The lowest BCUT2D eigenvalue weighted by atomic mass is 9.93. The molecule has 1 aliphatic rings. The normalized spacial score (nSPS) is 25.0. The minimum absolute atomic E-state index is 0.0196. The summed E-state index contributed by atoms with van der Waals surface area (Å²) in [7, 11) is -3.48. The van der Waals surface area contributed by atoms with Crippen LogP contribution in [0.15, 0.2) is 27.8 Å². The third-order valence-corrected chi connectivity index (χ3v) is 5.00. The second-order valence-electron chi connectivity index (χ2n) is 4.57. The predicted octanol–water partition coefficient (Wildman–Crippen LogP) is 1.39. The summed E-state index contributed by atoms with van der Waals surface area (Å²) in [5.74, 6) is 0. The van der Waals surface area contributed by atoms with Crippen molar-refractivity contribution in [2.75, 3.05) is 0 Å². The predicted molar refractivity (Wildman–Crippen MR) is 72.5 cm³/mol. The molecule has 3 N–H and O–H groups in total. The molecule has 1 fully saturated rings. The van der Waals surface area contributed by atoms with E-state index in [1.807, 2.05) is 0 Å². The van der Waals surface area contributed by atoms with Crippen molar-refractivity contribution in [3.63, 3.8) is 0 Å². The summed E-state index contributed by atoms with van der Waals surface area (Å²) >= 11 is 3.22. The summed E-state index contributed by atoms with van der Waals surface area (Å²) in [6.45, 7) is 0. The van der Waals surface area contributed by atoms with Gasteiger partial charge in [0.25, 0.3) is 0 Å². The Kier molecular flexibility index (Phi) is 4.37. The van der Waals surface area contributed by atoms with E-state index in [4.69, 9.17) is 5.73 Å². The van der Waals surface area contributed by atoms with Crippen LogP contribution in [0.2, 0.25) is 0 Å². The first-order chi connectivity index (χ1) is 8.47. The van der Waals surface area contributed by atoms with E-state index in [0.29, 0.717) is 4.47 Å². The molecule has 0 aromatic carbocycles. The zero-order chi connectivity index (χ0) is 13.2. The Labute approximate surface area is 115 Å². The van der Waals surface area contributed by atoms with Crippen LogP contribution in [0.1, 0.15) is 25.7 Å². The number of rotatable bonds is 3. The molecular formula is C11H16BrN3O2S.